The number of nitrogens with zero attached hydrogens (tertiary/aromatic N) is 2. The zero-order valence-electron chi connectivity index (χ0n) is 8.29. The van der Waals surface area contributed by atoms with Crippen LogP contribution in [0, 0.1) is 0 Å². The van der Waals surface area contributed by atoms with E-state index in [2.05, 4.69) is 24.0 Å². The van der Waals surface area contributed by atoms with Crippen molar-refractivity contribution in [2.45, 2.75) is 45.6 Å². The lowest BCUT2D eigenvalue weighted by Gasteiger charge is -2.01. The van der Waals surface area contributed by atoms with Gasteiger partial charge in [0.25, 0.3) is 0 Å². The van der Waals surface area contributed by atoms with E-state index in [0.717, 1.165) is 31.5 Å². The SMILES string of the molecule is CCCc1noc(C(N)CCC)n1. The highest BCUT2D eigenvalue weighted by atomic mass is 16.5. The number of hydrogen-bond acceptors (Lipinski definition) is 4. The normalized spacial score (nSPS) is 13.2. The Morgan fingerprint density at radius 2 is 2.15 bits per heavy atom. The van der Waals surface area contributed by atoms with Crippen molar-refractivity contribution >= 4 is 0 Å². The number of aromatic nitrogens is 2. The van der Waals surface area contributed by atoms with Crippen LogP contribution in [0.2, 0.25) is 0 Å². The Bertz CT molecular complexity index is 247. The van der Waals surface area contributed by atoms with Gasteiger partial charge in [0, 0.05) is 6.42 Å². The third-order valence-electron chi connectivity index (χ3n) is 1.87. The van der Waals surface area contributed by atoms with Gasteiger partial charge in [0.1, 0.15) is 0 Å². The van der Waals surface area contributed by atoms with Gasteiger partial charge in [-0.2, -0.15) is 4.98 Å². The molecule has 0 spiro atoms. The molecule has 1 unspecified atom stereocenters. The van der Waals surface area contributed by atoms with Crippen molar-refractivity contribution in [3.63, 3.8) is 0 Å². The molecule has 13 heavy (non-hydrogen) atoms. The van der Waals surface area contributed by atoms with Crippen LogP contribution in [0.4, 0.5) is 0 Å². The Kier molecular flexibility index (Phi) is 3.89. The first-order chi connectivity index (χ1) is 6.27. The molecule has 1 rings (SSSR count). The highest BCUT2D eigenvalue weighted by Crippen LogP contribution is 2.13. The summed E-state index contributed by atoms with van der Waals surface area (Å²) < 4.78 is 5.05. The Morgan fingerprint density at radius 1 is 1.38 bits per heavy atom. The van der Waals surface area contributed by atoms with Crippen LogP contribution < -0.4 is 5.73 Å². The lowest BCUT2D eigenvalue weighted by Crippen LogP contribution is -2.10. The second kappa shape index (κ2) is 4.97. The summed E-state index contributed by atoms with van der Waals surface area (Å²) in [6.07, 6.45) is 3.82. The summed E-state index contributed by atoms with van der Waals surface area (Å²) in [5, 5.41) is 3.84. The molecule has 4 nitrogen and oxygen atoms in total. The van der Waals surface area contributed by atoms with E-state index in [1.54, 1.807) is 0 Å². The Morgan fingerprint density at radius 3 is 2.77 bits per heavy atom. The Balaban J connectivity index is 2.56. The van der Waals surface area contributed by atoms with Crippen molar-refractivity contribution in [2.75, 3.05) is 0 Å². The predicted molar refractivity (Wildman–Crippen MR) is 50.1 cm³/mol. The summed E-state index contributed by atoms with van der Waals surface area (Å²) in [4.78, 5) is 4.22. The highest BCUT2D eigenvalue weighted by molar-refractivity contribution is 4.91. The van der Waals surface area contributed by atoms with Gasteiger partial charge in [0.2, 0.25) is 5.89 Å². The molecule has 0 aliphatic carbocycles. The summed E-state index contributed by atoms with van der Waals surface area (Å²) in [5.74, 6) is 1.34. The molecular weight excluding hydrogens is 166 g/mol. The van der Waals surface area contributed by atoms with E-state index in [0.29, 0.717) is 5.89 Å². The fraction of sp³-hybridized carbons (Fsp3) is 0.778. The second-order valence-corrected chi connectivity index (χ2v) is 3.19. The number of hydrogen-bond donors (Lipinski definition) is 1. The van der Waals surface area contributed by atoms with Crippen LogP contribution in [0.15, 0.2) is 4.52 Å². The van der Waals surface area contributed by atoms with Crippen molar-refractivity contribution < 1.29 is 4.52 Å². The van der Waals surface area contributed by atoms with Crippen molar-refractivity contribution in [3.8, 4) is 0 Å². The van der Waals surface area contributed by atoms with E-state index in [1.165, 1.54) is 0 Å². The van der Waals surface area contributed by atoms with Gasteiger partial charge in [-0.3, -0.25) is 0 Å². The van der Waals surface area contributed by atoms with Crippen LogP contribution >= 0.6 is 0 Å². The predicted octanol–water partition coefficient (Wildman–Crippen LogP) is 1.82. The maximum Gasteiger partial charge on any atom is 0.243 e. The third kappa shape index (κ3) is 2.81. The van der Waals surface area contributed by atoms with Crippen LogP contribution in [0.5, 0.6) is 0 Å². The van der Waals surface area contributed by atoms with E-state index in [1.807, 2.05) is 0 Å². The summed E-state index contributed by atoms with van der Waals surface area (Å²) >= 11 is 0. The van der Waals surface area contributed by atoms with Gasteiger partial charge in [-0.1, -0.05) is 25.4 Å². The molecule has 74 valence electrons. The van der Waals surface area contributed by atoms with Gasteiger partial charge >= 0.3 is 0 Å². The smallest absolute Gasteiger partial charge is 0.243 e. The fourth-order valence-electron chi connectivity index (χ4n) is 1.18. The average molecular weight is 183 g/mol. The molecular formula is C9H17N3O. The zero-order valence-corrected chi connectivity index (χ0v) is 8.29. The van der Waals surface area contributed by atoms with E-state index in [4.69, 9.17) is 10.3 Å². The Hall–Kier alpha value is -0.900. The number of aryl methyl sites for hydroxylation is 1. The first kappa shape index (κ1) is 10.2. The quantitative estimate of drug-likeness (QED) is 0.756. The van der Waals surface area contributed by atoms with Crippen LogP contribution in [0.3, 0.4) is 0 Å². The van der Waals surface area contributed by atoms with Crippen LogP contribution in [0.25, 0.3) is 0 Å². The molecule has 4 heteroatoms. The minimum absolute atomic E-state index is 0.0943. The van der Waals surface area contributed by atoms with Gasteiger partial charge in [-0.05, 0) is 12.8 Å². The molecule has 0 aliphatic rings. The van der Waals surface area contributed by atoms with Crippen LogP contribution in [0.1, 0.15) is 50.9 Å². The minimum Gasteiger partial charge on any atom is -0.338 e. The van der Waals surface area contributed by atoms with Gasteiger partial charge < -0.3 is 10.3 Å². The van der Waals surface area contributed by atoms with E-state index in [9.17, 15) is 0 Å². The van der Waals surface area contributed by atoms with Gasteiger partial charge in [-0.15, -0.1) is 0 Å². The standard InChI is InChI=1S/C9H17N3O/c1-3-5-7(10)9-11-8(6-4-2)12-13-9/h7H,3-6,10H2,1-2H3. The van der Waals surface area contributed by atoms with Crippen LogP contribution in [-0.2, 0) is 6.42 Å². The average Bonchev–Trinajstić information content (AvgIpc) is 2.54. The van der Waals surface area contributed by atoms with E-state index in [-0.39, 0.29) is 6.04 Å². The summed E-state index contributed by atoms with van der Waals surface area (Å²) in [7, 11) is 0. The van der Waals surface area contributed by atoms with Crippen molar-refractivity contribution in [2.24, 2.45) is 5.73 Å². The molecule has 0 radical (unpaired) electrons. The molecule has 0 amide bonds. The molecule has 0 saturated carbocycles. The molecule has 2 N–H and O–H groups in total. The molecule has 0 bridgehead atoms. The lowest BCUT2D eigenvalue weighted by atomic mass is 10.2. The molecule has 1 aromatic heterocycles. The van der Waals surface area contributed by atoms with Gasteiger partial charge in [-0.25, -0.2) is 0 Å². The molecule has 0 fully saturated rings. The third-order valence-corrected chi connectivity index (χ3v) is 1.87. The topological polar surface area (TPSA) is 64.9 Å². The monoisotopic (exact) mass is 183 g/mol. The van der Waals surface area contributed by atoms with Gasteiger partial charge in [0.15, 0.2) is 5.82 Å². The van der Waals surface area contributed by atoms with Crippen molar-refractivity contribution in [1.82, 2.24) is 10.1 Å². The highest BCUT2D eigenvalue weighted by Gasteiger charge is 2.12. The lowest BCUT2D eigenvalue weighted by molar-refractivity contribution is 0.344. The van der Waals surface area contributed by atoms with Crippen molar-refractivity contribution in [1.29, 1.82) is 0 Å². The molecule has 0 aromatic carbocycles. The summed E-state index contributed by atoms with van der Waals surface area (Å²) in [6, 6.07) is -0.0943. The minimum atomic E-state index is -0.0943. The first-order valence-electron chi connectivity index (χ1n) is 4.86. The zero-order chi connectivity index (χ0) is 9.68. The summed E-state index contributed by atoms with van der Waals surface area (Å²) in [6.45, 7) is 4.17. The van der Waals surface area contributed by atoms with Gasteiger partial charge in [0.05, 0.1) is 6.04 Å². The van der Waals surface area contributed by atoms with E-state index >= 15 is 0 Å². The largest absolute Gasteiger partial charge is 0.338 e. The van der Waals surface area contributed by atoms with E-state index < -0.39 is 0 Å². The molecule has 1 aromatic rings. The van der Waals surface area contributed by atoms with Crippen LogP contribution in [-0.4, -0.2) is 10.1 Å². The maximum absolute atomic E-state index is 5.82. The molecule has 0 aliphatic heterocycles. The second-order valence-electron chi connectivity index (χ2n) is 3.19. The fourth-order valence-corrected chi connectivity index (χ4v) is 1.18. The first-order valence-corrected chi connectivity index (χ1v) is 4.86. The molecule has 1 atom stereocenters. The van der Waals surface area contributed by atoms with Crippen molar-refractivity contribution in [3.05, 3.63) is 11.7 Å². The Labute approximate surface area is 78.5 Å². The number of nitrogens with two attached hydrogens (primary N) is 1. The molecule has 0 saturated heterocycles. The maximum atomic E-state index is 5.82. The molecule has 1 heterocycles. The summed E-state index contributed by atoms with van der Waals surface area (Å²) in [5.41, 5.74) is 5.82. The number of rotatable bonds is 5.